The van der Waals surface area contributed by atoms with Crippen LogP contribution in [0.3, 0.4) is 0 Å². The topological polar surface area (TPSA) is 62.2 Å². The summed E-state index contributed by atoms with van der Waals surface area (Å²) in [7, 11) is 3.69. The molecule has 2 heterocycles. The molecule has 2 aliphatic heterocycles. The van der Waals surface area contributed by atoms with Gasteiger partial charge in [0.2, 0.25) is 0 Å². The molecule has 2 bridgehead atoms. The lowest BCUT2D eigenvalue weighted by Crippen LogP contribution is -2.76. The Balaban J connectivity index is 1.88. The van der Waals surface area contributed by atoms with Crippen molar-refractivity contribution in [3.63, 3.8) is 0 Å². The lowest BCUT2D eigenvalue weighted by atomic mass is 9.49. The molecule has 1 saturated heterocycles. The number of likely N-dealkylation sites (N-methyl/N-ethyl adjacent to an activating group) is 1. The van der Waals surface area contributed by atoms with Gasteiger partial charge in [0, 0.05) is 11.6 Å². The zero-order chi connectivity index (χ0) is 16.9. The summed E-state index contributed by atoms with van der Waals surface area (Å²) in [6, 6.07) is 4.01. The van der Waals surface area contributed by atoms with Crippen LogP contribution < -0.4 is 9.47 Å². The summed E-state index contributed by atoms with van der Waals surface area (Å²) in [4.78, 5) is 2.23. The van der Waals surface area contributed by atoms with Gasteiger partial charge < -0.3 is 19.7 Å². The molecule has 2 N–H and O–H groups in total. The average molecular weight is 329 g/mol. The predicted octanol–water partition coefficient (Wildman–Crippen LogP) is 1.01. The van der Waals surface area contributed by atoms with E-state index in [-0.39, 0.29) is 6.04 Å². The standard InChI is InChI=1S/C19H23NO4/c1-17(21)6-7-19(22)13-10-11-4-5-12(23-3)15-14(11)18(19,16(17)24-15)8-9-20(13)2/h4-7,13,16,21-22H,8-10H2,1-3H3/t13?,16-,17?,18?,19+/m0/s1. The van der Waals surface area contributed by atoms with Gasteiger partial charge in [-0.05, 0) is 45.0 Å². The first-order valence-corrected chi connectivity index (χ1v) is 8.57. The third-order valence-corrected chi connectivity index (χ3v) is 6.79. The van der Waals surface area contributed by atoms with Gasteiger partial charge in [0.1, 0.15) is 17.3 Å². The highest BCUT2D eigenvalue weighted by molar-refractivity contribution is 5.64. The molecule has 1 fully saturated rings. The molecule has 5 atom stereocenters. The molecule has 0 aromatic heterocycles. The molecule has 2 aliphatic carbocycles. The highest BCUT2D eigenvalue weighted by Crippen LogP contribution is 2.65. The van der Waals surface area contributed by atoms with Crippen molar-refractivity contribution in [2.45, 2.75) is 48.5 Å². The fourth-order valence-electron chi connectivity index (χ4n) is 5.68. The van der Waals surface area contributed by atoms with E-state index >= 15 is 0 Å². The van der Waals surface area contributed by atoms with Crippen LogP contribution in [0.25, 0.3) is 0 Å². The smallest absolute Gasteiger partial charge is 0.166 e. The summed E-state index contributed by atoms with van der Waals surface area (Å²) in [5.41, 5.74) is -0.563. The van der Waals surface area contributed by atoms with Crippen molar-refractivity contribution in [3.8, 4) is 11.5 Å². The van der Waals surface area contributed by atoms with Crippen LogP contribution in [0.4, 0.5) is 0 Å². The first-order valence-electron chi connectivity index (χ1n) is 8.57. The number of hydrogen-bond acceptors (Lipinski definition) is 5. The van der Waals surface area contributed by atoms with Gasteiger partial charge in [-0.15, -0.1) is 0 Å². The lowest BCUT2D eigenvalue weighted by Gasteiger charge is -2.62. The number of piperidine rings is 1. The number of hydrogen-bond donors (Lipinski definition) is 2. The molecule has 0 amide bonds. The third-order valence-electron chi connectivity index (χ3n) is 6.79. The monoisotopic (exact) mass is 329 g/mol. The molecule has 5 rings (SSSR count). The SMILES string of the molecule is COc1ccc2c3c1O[C@H]1C(C)(O)C=C[C@@]4(O)C(C2)N(C)CCC314. The summed E-state index contributed by atoms with van der Waals surface area (Å²) < 4.78 is 11.8. The number of benzene rings is 1. The predicted molar refractivity (Wildman–Crippen MR) is 88.5 cm³/mol. The summed E-state index contributed by atoms with van der Waals surface area (Å²) in [6.07, 6.45) is 4.54. The first-order chi connectivity index (χ1) is 11.3. The Morgan fingerprint density at radius 2 is 2.08 bits per heavy atom. The second-order valence-corrected chi connectivity index (χ2v) is 7.94. The molecule has 0 radical (unpaired) electrons. The van der Waals surface area contributed by atoms with E-state index in [0.29, 0.717) is 11.5 Å². The summed E-state index contributed by atoms with van der Waals surface area (Å²) >= 11 is 0. The minimum absolute atomic E-state index is 0.0171. The van der Waals surface area contributed by atoms with E-state index in [1.54, 1.807) is 20.1 Å². The summed E-state index contributed by atoms with van der Waals surface area (Å²) in [5, 5.41) is 22.8. The van der Waals surface area contributed by atoms with Gasteiger partial charge in [0.05, 0.1) is 12.5 Å². The largest absolute Gasteiger partial charge is 0.493 e. The maximum Gasteiger partial charge on any atom is 0.166 e. The molecule has 128 valence electrons. The van der Waals surface area contributed by atoms with Crippen LogP contribution in [-0.4, -0.2) is 59.2 Å². The van der Waals surface area contributed by atoms with Crippen molar-refractivity contribution >= 4 is 0 Å². The third kappa shape index (κ3) is 1.36. The summed E-state index contributed by atoms with van der Waals surface area (Å²) in [5.74, 6) is 1.37. The van der Waals surface area contributed by atoms with Crippen molar-refractivity contribution in [2.24, 2.45) is 0 Å². The van der Waals surface area contributed by atoms with Gasteiger partial charge in [0.25, 0.3) is 0 Å². The van der Waals surface area contributed by atoms with E-state index in [9.17, 15) is 10.2 Å². The van der Waals surface area contributed by atoms with Crippen LogP contribution >= 0.6 is 0 Å². The Morgan fingerprint density at radius 1 is 1.29 bits per heavy atom. The lowest BCUT2D eigenvalue weighted by molar-refractivity contribution is -0.170. The van der Waals surface area contributed by atoms with Crippen LogP contribution in [0.1, 0.15) is 24.5 Å². The van der Waals surface area contributed by atoms with Gasteiger partial charge in [0.15, 0.2) is 11.5 Å². The number of methoxy groups -OCH3 is 1. The van der Waals surface area contributed by atoms with Crippen LogP contribution in [-0.2, 0) is 11.8 Å². The Morgan fingerprint density at radius 3 is 2.83 bits per heavy atom. The van der Waals surface area contributed by atoms with Gasteiger partial charge in [-0.2, -0.15) is 0 Å². The van der Waals surface area contributed by atoms with E-state index in [2.05, 4.69) is 18.0 Å². The number of rotatable bonds is 1. The molecule has 5 heteroatoms. The highest BCUT2D eigenvalue weighted by Gasteiger charge is 2.73. The van der Waals surface area contributed by atoms with Gasteiger partial charge >= 0.3 is 0 Å². The van der Waals surface area contributed by atoms with Crippen molar-refractivity contribution in [1.29, 1.82) is 0 Å². The maximum atomic E-state index is 11.8. The fraction of sp³-hybridized carbons (Fsp3) is 0.579. The molecule has 0 saturated carbocycles. The van der Waals surface area contributed by atoms with Crippen molar-refractivity contribution < 1.29 is 19.7 Å². The van der Waals surface area contributed by atoms with Crippen LogP contribution in [0.2, 0.25) is 0 Å². The Hall–Kier alpha value is -1.56. The van der Waals surface area contributed by atoms with E-state index in [0.717, 1.165) is 24.9 Å². The quantitative estimate of drug-likeness (QED) is 0.753. The zero-order valence-electron chi connectivity index (χ0n) is 14.2. The second-order valence-electron chi connectivity index (χ2n) is 7.94. The van der Waals surface area contributed by atoms with E-state index in [1.165, 1.54) is 5.56 Å². The molecule has 4 aliphatic rings. The molecule has 1 aromatic rings. The molecule has 5 nitrogen and oxygen atoms in total. The van der Waals surface area contributed by atoms with E-state index < -0.39 is 22.7 Å². The fourth-order valence-corrected chi connectivity index (χ4v) is 5.68. The molecular weight excluding hydrogens is 306 g/mol. The van der Waals surface area contributed by atoms with Crippen LogP contribution in [0.15, 0.2) is 24.3 Å². The Bertz CT molecular complexity index is 773. The molecular formula is C19H23NO4. The molecule has 24 heavy (non-hydrogen) atoms. The minimum atomic E-state index is -1.13. The second kappa shape index (κ2) is 4.15. The first kappa shape index (κ1) is 14.8. The van der Waals surface area contributed by atoms with E-state index in [4.69, 9.17) is 9.47 Å². The number of ether oxygens (including phenoxy) is 2. The van der Waals surface area contributed by atoms with E-state index in [1.807, 2.05) is 12.1 Å². The van der Waals surface area contributed by atoms with Crippen LogP contribution in [0, 0.1) is 0 Å². The Labute approximate surface area is 141 Å². The molecule has 1 spiro atoms. The maximum absolute atomic E-state index is 11.8. The van der Waals surface area contributed by atoms with Crippen molar-refractivity contribution in [3.05, 3.63) is 35.4 Å². The summed E-state index contributed by atoms with van der Waals surface area (Å²) in [6.45, 7) is 2.63. The zero-order valence-corrected chi connectivity index (χ0v) is 14.2. The van der Waals surface area contributed by atoms with Gasteiger partial charge in [-0.1, -0.05) is 18.2 Å². The molecule has 3 unspecified atom stereocenters. The van der Waals surface area contributed by atoms with Crippen LogP contribution in [0.5, 0.6) is 11.5 Å². The van der Waals surface area contributed by atoms with Crippen molar-refractivity contribution in [2.75, 3.05) is 20.7 Å². The normalized spacial score (nSPS) is 44.9. The van der Waals surface area contributed by atoms with Gasteiger partial charge in [-0.25, -0.2) is 0 Å². The highest BCUT2D eigenvalue weighted by atomic mass is 16.5. The Kier molecular flexibility index (Phi) is 2.55. The minimum Gasteiger partial charge on any atom is -0.493 e. The van der Waals surface area contributed by atoms with Gasteiger partial charge in [-0.3, -0.25) is 4.90 Å². The van der Waals surface area contributed by atoms with Crippen molar-refractivity contribution in [1.82, 2.24) is 4.90 Å². The number of aliphatic hydroxyl groups is 2. The average Bonchev–Trinajstić information content (AvgIpc) is 2.91. The number of nitrogens with zero attached hydrogens (tertiary/aromatic N) is 1. The number of likely N-dealkylation sites (tertiary alicyclic amines) is 1. The molecule has 1 aromatic carbocycles.